The van der Waals surface area contributed by atoms with Crippen LogP contribution in [0.15, 0.2) is 18.2 Å². The maximum atomic E-state index is 10.9. The number of aromatic carboxylic acids is 2. The van der Waals surface area contributed by atoms with Crippen molar-refractivity contribution in [2.45, 2.75) is 0 Å². The van der Waals surface area contributed by atoms with Gasteiger partial charge in [-0.15, -0.1) is 0 Å². The van der Waals surface area contributed by atoms with Crippen molar-refractivity contribution in [1.29, 1.82) is 0 Å². The number of anilines is 1. The molecule has 16 heavy (non-hydrogen) atoms. The van der Waals surface area contributed by atoms with Crippen LogP contribution in [0.25, 0.3) is 0 Å². The molecule has 2 N–H and O–H groups in total. The molecule has 2 radical (unpaired) electrons. The summed E-state index contributed by atoms with van der Waals surface area (Å²) in [6.07, 6.45) is 0.214. The third kappa shape index (κ3) is 2.33. The Morgan fingerprint density at radius 3 is 2.25 bits per heavy atom. The molecule has 0 heterocycles. The van der Waals surface area contributed by atoms with E-state index < -0.39 is 11.9 Å². The number of carboxylic acid groups (broad SMARTS) is 2. The first-order valence-corrected chi connectivity index (χ1v) is 4.49. The summed E-state index contributed by atoms with van der Waals surface area (Å²) < 4.78 is 0. The molecular formula is C10H10BNO4. The number of hydrogen-bond donors (Lipinski definition) is 2. The molecule has 0 spiro atoms. The number of carboxylic acids is 2. The Hall–Kier alpha value is -1.98. The van der Waals surface area contributed by atoms with E-state index in [1.54, 1.807) is 11.9 Å². The molecule has 0 saturated carbocycles. The van der Waals surface area contributed by atoms with Crippen molar-refractivity contribution in [3.8, 4) is 0 Å². The van der Waals surface area contributed by atoms with Crippen LogP contribution in [-0.4, -0.2) is 43.5 Å². The smallest absolute Gasteiger partial charge is 0.336 e. The minimum atomic E-state index is -1.27. The van der Waals surface area contributed by atoms with E-state index in [2.05, 4.69) is 0 Å². The zero-order valence-corrected chi connectivity index (χ0v) is 8.67. The van der Waals surface area contributed by atoms with Crippen LogP contribution in [0.1, 0.15) is 20.7 Å². The number of benzene rings is 1. The highest BCUT2D eigenvalue weighted by Crippen LogP contribution is 2.18. The van der Waals surface area contributed by atoms with E-state index in [4.69, 9.17) is 18.1 Å². The SMILES string of the molecule is [B]CN(C)c1ccc(C(=O)O)c(C(=O)O)c1. The van der Waals surface area contributed by atoms with Gasteiger partial charge in [-0.05, 0) is 24.6 Å². The molecule has 0 saturated heterocycles. The molecule has 0 amide bonds. The van der Waals surface area contributed by atoms with Gasteiger partial charge in [-0.1, -0.05) is 0 Å². The number of hydrogen-bond acceptors (Lipinski definition) is 3. The van der Waals surface area contributed by atoms with Gasteiger partial charge in [-0.2, -0.15) is 0 Å². The maximum absolute atomic E-state index is 10.9. The summed E-state index contributed by atoms with van der Waals surface area (Å²) in [6, 6.07) is 4.06. The third-order valence-electron chi connectivity index (χ3n) is 2.18. The Kier molecular flexibility index (Phi) is 3.55. The second-order valence-electron chi connectivity index (χ2n) is 3.22. The minimum absolute atomic E-state index is 0.214. The quantitative estimate of drug-likeness (QED) is 0.726. The van der Waals surface area contributed by atoms with Crippen LogP contribution in [0.5, 0.6) is 0 Å². The van der Waals surface area contributed by atoms with Crippen molar-refractivity contribution < 1.29 is 19.8 Å². The first kappa shape index (κ1) is 12.1. The second-order valence-corrected chi connectivity index (χ2v) is 3.22. The summed E-state index contributed by atoms with van der Waals surface area (Å²) in [6.45, 7) is 0. The zero-order valence-electron chi connectivity index (χ0n) is 8.67. The van der Waals surface area contributed by atoms with Crippen LogP contribution >= 0.6 is 0 Å². The predicted octanol–water partition coefficient (Wildman–Crippen LogP) is 0.645. The Labute approximate surface area is 93.7 Å². The normalized spacial score (nSPS) is 9.81. The Morgan fingerprint density at radius 1 is 1.25 bits per heavy atom. The van der Waals surface area contributed by atoms with E-state index in [-0.39, 0.29) is 17.6 Å². The molecule has 0 aliphatic heterocycles. The van der Waals surface area contributed by atoms with Crippen molar-refractivity contribution in [3.63, 3.8) is 0 Å². The average Bonchev–Trinajstić information content (AvgIpc) is 2.26. The molecule has 0 aliphatic carbocycles. The van der Waals surface area contributed by atoms with Gasteiger partial charge in [0.05, 0.1) is 19.0 Å². The van der Waals surface area contributed by atoms with E-state index in [0.717, 1.165) is 0 Å². The van der Waals surface area contributed by atoms with Crippen LogP contribution in [0, 0.1) is 0 Å². The summed E-state index contributed by atoms with van der Waals surface area (Å²) in [7, 11) is 7.07. The first-order chi connectivity index (χ1) is 7.47. The molecule has 6 heteroatoms. The largest absolute Gasteiger partial charge is 0.478 e. The Balaban J connectivity index is 3.28. The van der Waals surface area contributed by atoms with Gasteiger partial charge in [0, 0.05) is 12.7 Å². The fraction of sp³-hybridized carbons (Fsp3) is 0.200. The molecule has 0 aliphatic rings. The van der Waals surface area contributed by atoms with Crippen molar-refractivity contribution in [2.75, 3.05) is 18.4 Å². The minimum Gasteiger partial charge on any atom is -0.478 e. The standard InChI is InChI=1S/C10H10BNO4/c1-12(5-11)6-2-3-7(9(13)14)8(4-6)10(15)16/h2-4H,5H2,1H3,(H,13,14)(H,15,16). The fourth-order valence-electron chi connectivity index (χ4n) is 1.24. The first-order valence-electron chi connectivity index (χ1n) is 4.49. The average molecular weight is 219 g/mol. The molecule has 1 rings (SSSR count). The summed E-state index contributed by atoms with van der Waals surface area (Å²) in [4.78, 5) is 23.3. The molecule has 0 fully saturated rings. The van der Waals surface area contributed by atoms with Gasteiger partial charge >= 0.3 is 11.9 Å². The Morgan fingerprint density at radius 2 is 1.81 bits per heavy atom. The molecule has 5 nitrogen and oxygen atoms in total. The molecule has 0 unspecified atom stereocenters. The van der Waals surface area contributed by atoms with Crippen LogP contribution in [-0.2, 0) is 0 Å². The molecule has 1 aromatic rings. The van der Waals surface area contributed by atoms with Crippen molar-refractivity contribution in [3.05, 3.63) is 29.3 Å². The third-order valence-corrected chi connectivity index (χ3v) is 2.18. The van der Waals surface area contributed by atoms with E-state index in [1.165, 1.54) is 18.2 Å². The number of nitrogens with zero attached hydrogens (tertiary/aromatic N) is 1. The highest BCUT2D eigenvalue weighted by atomic mass is 16.4. The van der Waals surface area contributed by atoms with Gasteiger partial charge in [0.25, 0.3) is 0 Å². The van der Waals surface area contributed by atoms with Crippen molar-refractivity contribution >= 4 is 25.5 Å². The van der Waals surface area contributed by atoms with Crippen molar-refractivity contribution in [1.82, 2.24) is 0 Å². The zero-order chi connectivity index (χ0) is 12.3. The van der Waals surface area contributed by atoms with Gasteiger partial charge in [-0.3, -0.25) is 0 Å². The van der Waals surface area contributed by atoms with E-state index >= 15 is 0 Å². The van der Waals surface area contributed by atoms with Crippen LogP contribution in [0.2, 0.25) is 0 Å². The predicted molar refractivity (Wildman–Crippen MR) is 59.4 cm³/mol. The molecular weight excluding hydrogens is 209 g/mol. The van der Waals surface area contributed by atoms with E-state index in [9.17, 15) is 9.59 Å². The van der Waals surface area contributed by atoms with Gasteiger partial charge in [0.15, 0.2) is 0 Å². The molecule has 82 valence electrons. The van der Waals surface area contributed by atoms with E-state index in [1.807, 2.05) is 0 Å². The summed E-state index contributed by atoms with van der Waals surface area (Å²) in [5.74, 6) is -2.54. The number of carbonyl (C=O) groups is 2. The maximum Gasteiger partial charge on any atom is 0.336 e. The lowest BCUT2D eigenvalue weighted by Gasteiger charge is -2.18. The van der Waals surface area contributed by atoms with E-state index in [0.29, 0.717) is 5.69 Å². The second kappa shape index (κ2) is 4.70. The lowest BCUT2D eigenvalue weighted by Crippen LogP contribution is -2.19. The highest BCUT2D eigenvalue weighted by molar-refractivity contribution is 6.10. The van der Waals surface area contributed by atoms with Crippen LogP contribution in [0.4, 0.5) is 5.69 Å². The van der Waals surface area contributed by atoms with Crippen LogP contribution < -0.4 is 4.90 Å². The lowest BCUT2D eigenvalue weighted by molar-refractivity contribution is 0.0651. The molecule has 1 aromatic carbocycles. The van der Waals surface area contributed by atoms with Gasteiger partial charge in [-0.25, -0.2) is 9.59 Å². The highest BCUT2D eigenvalue weighted by Gasteiger charge is 2.16. The van der Waals surface area contributed by atoms with Crippen molar-refractivity contribution in [2.24, 2.45) is 0 Å². The topological polar surface area (TPSA) is 77.8 Å². The van der Waals surface area contributed by atoms with Gasteiger partial charge in [0.2, 0.25) is 0 Å². The molecule has 0 bridgehead atoms. The van der Waals surface area contributed by atoms with Gasteiger partial charge in [0.1, 0.15) is 0 Å². The molecule has 0 aromatic heterocycles. The number of rotatable bonds is 4. The fourth-order valence-corrected chi connectivity index (χ4v) is 1.24. The summed E-state index contributed by atoms with van der Waals surface area (Å²) in [5, 5.41) is 17.7. The lowest BCUT2D eigenvalue weighted by atomic mass is 10.0. The monoisotopic (exact) mass is 219 g/mol. The van der Waals surface area contributed by atoms with Crippen LogP contribution in [0.3, 0.4) is 0 Å². The molecule has 0 atom stereocenters. The van der Waals surface area contributed by atoms with Gasteiger partial charge < -0.3 is 15.1 Å². The summed E-state index contributed by atoms with van der Waals surface area (Å²) >= 11 is 0. The Bertz CT molecular complexity index is 433. The summed E-state index contributed by atoms with van der Waals surface area (Å²) in [5.41, 5.74) is 0.0804.